The van der Waals surface area contributed by atoms with Crippen LogP contribution in [0.5, 0.6) is 5.75 Å². The fourth-order valence-corrected chi connectivity index (χ4v) is 1.08. The number of methoxy groups -OCH3 is 1. The number of aliphatic carboxylic acids is 1. The molecule has 5 heteroatoms. The van der Waals surface area contributed by atoms with Crippen molar-refractivity contribution in [2.24, 2.45) is 5.90 Å². The van der Waals surface area contributed by atoms with Gasteiger partial charge in [0.2, 0.25) is 6.10 Å². The van der Waals surface area contributed by atoms with E-state index in [1.807, 2.05) is 0 Å². The predicted molar refractivity (Wildman–Crippen MR) is 48.6 cm³/mol. The molecule has 0 amide bonds. The van der Waals surface area contributed by atoms with Gasteiger partial charge in [-0.05, 0) is 17.7 Å². The Morgan fingerprint density at radius 1 is 1.57 bits per heavy atom. The van der Waals surface area contributed by atoms with Gasteiger partial charge in [0.25, 0.3) is 0 Å². The molecular weight excluding hydrogens is 186 g/mol. The summed E-state index contributed by atoms with van der Waals surface area (Å²) in [6, 6.07) is 6.54. The lowest BCUT2D eigenvalue weighted by atomic mass is 10.1. The standard InChI is InChI=1S/C9H11NO4/c1-13-7-4-2-3-6(5-7)8(14-10)9(11)12/h2-5,8H,10H2,1H3,(H,11,12). The molecule has 1 atom stereocenters. The fraction of sp³-hybridized carbons (Fsp3) is 0.222. The second kappa shape index (κ2) is 4.59. The van der Waals surface area contributed by atoms with Gasteiger partial charge in [-0.1, -0.05) is 12.1 Å². The minimum atomic E-state index is -1.16. The summed E-state index contributed by atoms with van der Waals surface area (Å²) in [7, 11) is 1.50. The van der Waals surface area contributed by atoms with Crippen molar-refractivity contribution in [1.29, 1.82) is 0 Å². The Balaban J connectivity index is 2.98. The highest BCUT2D eigenvalue weighted by Crippen LogP contribution is 2.20. The van der Waals surface area contributed by atoms with Crippen LogP contribution in [0, 0.1) is 0 Å². The first kappa shape index (κ1) is 10.5. The third kappa shape index (κ3) is 2.21. The number of carbonyl (C=O) groups is 1. The van der Waals surface area contributed by atoms with Crippen molar-refractivity contribution in [2.45, 2.75) is 6.10 Å². The van der Waals surface area contributed by atoms with Crippen LogP contribution >= 0.6 is 0 Å². The van der Waals surface area contributed by atoms with Crippen molar-refractivity contribution in [3.05, 3.63) is 29.8 Å². The molecule has 5 nitrogen and oxygen atoms in total. The molecule has 0 radical (unpaired) electrons. The third-order valence-electron chi connectivity index (χ3n) is 1.76. The van der Waals surface area contributed by atoms with Crippen LogP contribution in [0.4, 0.5) is 0 Å². The van der Waals surface area contributed by atoms with Gasteiger partial charge in [0.05, 0.1) is 7.11 Å². The van der Waals surface area contributed by atoms with Crippen molar-refractivity contribution in [3.63, 3.8) is 0 Å². The van der Waals surface area contributed by atoms with Gasteiger partial charge in [-0.2, -0.15) is 0 Å². The number of carboxylic acids is 1. The lowest BCUT2D eigenvalue weighted by molar-refractivity contribution is -0.151. The topological polar surface area (TPSA) is 81.8 Å². The van der Waals surface area contributed by atoms with E-state index in [9.17, 15) is 4.79 Å². The van der Waals surface area contributed by atoms with Crippen molar-refractivity contribution in [2.75, 3.05) is 7.11 Å². The summed E-state index contributed by atoms with van der Waals surface area (Å²) >= 11 is 0. The summed E-state index contributed by atoms with van der Waals surface area (Å²) in [6.45, 7) is 0. The van der Waals surface area contributed by atoms with Crippen LogP contribution in [0.2, 0.25) is 0 Å². The van der Waals surface area contributed by atoms with Crippen molar-refractivity contribution >= 4 is 5.97 Å². The molecule has 1 aromatic rings. The number of nitrogens with two attached hydrogens (primary N) is 1. The minimum absolute atomic E-state index is 0.444. The molecule has 76 valence electrons. The summed E-state index contributed by atoms with van der Waals surface area (Å²) in [5.74, 6) is 4.30. The molecule has 1 unspecified atom stereocenters. The third-order valence-corrected chi connectivity index (χ3v) is 1.76. The van der Waals surface area contributed by atoms with Gasteiger partial charge in [0.15, 0.2) is 0 Å². The van der Waals surface area contributed by atoms with Gasteiger partial charge in [-0.3, -0.25) is 4.84 Å². The second-order valence-electron chi connectivity index (χ2n) is 2.63. The predicted octanol–water partition coefficient (Wildman–Crippen LogP) is 0.711. The van der Waals surface area contributed by atoms with Gasteiger partial charge in [0.1, 0.15) is 5.75 Å². The Labute approximate surface area is 81.0 Å². The van der Waals surface area contributed by atoms with Gasteiger partial charge >= 0.3 is 5.97 Å². The Hall–Kier alpha value is -1.59. The van der Waals surface area contributed by atoms with E-state index < -0.39 is 12.1 Å². The second-order valence-corrected chi connectivity index (χ2v) is 2.63. The number of ether oxygens (including phenoxy) is 1. The van der Waals surface area contributed by atoms with E-state index in [2.05, 4.69) is 4.84 Å². The minimum Gasteiger partial charge on any atom is -0.497 e. The molecule has 1 rings (SSSR count). The first-order valence-corrected chi connectivity index (χ1v) is 3.91. The van der Waals surface area contributed by atoms with Crippen LogP contribution in [0.3, 0.4) is 0 Å². The lowest BCUT2D eigenvalue weighted by Crippen LogP contribution is -2.18. The highest BCUT2D eigenvalue weighted by atomic mass is 16.6. The molecule has 1 aromatic carbocycles. The molecule has 0 saturated heterocycles. The van der Waals surface area contributed by atoms with Crippen LogP contribution in [0.25, 0.3) is 0 Å². The Morgan fingerprint density at radius 3 is 2.79 bits per heavy atom. The molecule has 0 bridgehead atoms. The highest BCUT2D eigenvalue weighted by molar-refractivity contribution is 5.74. The SMILES string of the molecule is COc1cccc(C(ON)C(=O)O)c1. The summed E-state index contributed by atoms with van der Waals surface area (Å²) in [4.78, 5) is 15.0. The zero-order valence-corrected chi connectivity index (χ0v) is 7.64. The average Bonchev–Trinajstić information content (AvgIpc) is 2.19. The van der Waals surface area contributed by atoms with E-state index >= 15 is 0 Å². The monoisotopic (exact) mass is 197 g/mol. The Morgan fingerprint density at radius 2 is 2.29 bits per heavy atom. The maximum absolute atomic E-state index is 10.7. The average molecular weight is 197 g/mol. The van der Waals surface area contributed by atoms with E-state index in [4.69, 9.17) is 15.7 Å². The summed E-state index contributed by atoms with van der Waals surface area (Å²) < 4.78 is 4.94. The fourth-order valence-electron chi connectivity index (χ4n) is 1.08. The van der Waals surface area contributed by atoms with Crippen LogP contribution in [0.15, 0.2) is 24.3 Å². The summed E-state index contributed by atoms with van der Waals surface area (Å²) in [6.07, 6.45) is -1.16. The van der Waals surface area contributed by atoms with Crippen LogP contribution < -0.4 is 10.6 Å². The molecule has 0 aromatic heterocycles. The Kier molecular flexibility index (Phi) is 3.44. The van der Waals surface area contributed by atoms with Crippen molar-refractivity contribution in [1.82, 2.24) is 0 Å². The summed E-state index contributed by atoms with van der Waals surface area (Å²) in [5.41, 5.74) is 0.444. The van der Waals surface area contributed by atoms with E-state index in [1.54, 1.807) is 24.3 Å². The number of benzene rings is 1. The van der Waals surface area contributed by atoms with Crippen LogP contribution in [-0.4, -0.2) is 18.2 Å². The summed E-state index contributed by atoms with van der Waals surface area (Å²) in [5, 5.41) is 8.74. The molecule has 0 aliphatic heterocycles. The number of hydrogen-bond acceptors (Lipinski definition) is 4. The molecule has 14 heavy (non-hydrogen) atoms. The van der Waals surface area contributed by atoms with E-state index in [0.717, 1.165) is 0 Å². The smallest absolute Gasteiger partial charge is 0.339 e. The molecule has 0 aliphatic carbocycles. The van der Waals surface area contributed by atoms with Gasteiger partial charge in [-0.25, -0.2) is 10.7 Å². The molecule has 3 N–H and O–H groups in total. The molecule has 0 heterocycles. The van der Waals surface area contributed by atoms with Crippen molar-refractivity contribution < 1.29 is 19.5 Å². The number of rotatable bonds is 4. The molecule has 0 fully saturated rings. The lowest BCUT2D eigenvalue weighted by Gasteiger charge is -2.10. The number of carboxylic acid groups (broad SMARTS) is 1. The van der Waals surface area contributed by atoms with Crippen LogP contribution in [-0.2, 0) is 9.63 Å². The zero-order valence-electron chi connectivity index (χ0n) is 7.64. The van der Waals surface area contributed by atoms with E-state index in [-0.39, 0.29) is 0 Å². The van der Waals surface area contributed by atoms with Crippen LogP contribution in [0.1, 0.15) is 11.7 Å². The van der Waals surface area contributed by atoms with Gasteiger partial charge in [-0.15, -0.1) is 0 Å². The molecular formula is C9H11NO4. The number of hydrogen-bond donors (Lipinski definition) is 2. The maximum Gasteiger partial charge on any atom is 0.339 e. The zero-order chi connectivity index (χ0) is 10.6. The van der Waals surface area contributed by atoms with E-state index in [0.29, 0.717) is 11.3 Å². The first-order chi connectivity index (χ1) is 6.69. The largest absolute Gasteiger partial charge is 0.497 e. The molecule has 0 spiro atoms. The van der Waals surface area contributed by atoms with E-state index in [1.165, 1.54) is 7.11 Å². The quantitative estimate of drug-likeness (QED) is 0.695. The van der Waals surface area contributed by atoms with Gasteiger partial charge < -0.3 is 9.84 Å². The highest BCUT2D eigenvalue weighted by Gasteiger charge is 2.19. The van der Waals surface area contributed by atoms with Crippen molar-refractivity contribution in [3.8, 4) is 5.75 Å². The molecule has 0 aliphatic rings. The normalized spacial score (nSPS) is 12.1. The molecule has 0 saturated carbocycles. The maximum atomic E-state index is 10.7. The van der Waals surface area contributed by atoms with Gasteiger partial charge in [0, 0.05) is 0 Å². The first-order valence-electron chi connectivity index (χ1n) is 3.91. The Bertz CT molecular complexity index is 326.